The van der Waals surface area contributed by atoms with Crippen LogP contribution in [0.5, 0.6) is 0 Å². The van der Waals surface area contributed by atoms with Gasteiger partial charge in [0.25, 0.3) is 5.91 Å². The normalized spacial score (nSPS) is 16.0. The van der Waals surface area contributed by atoms with Crippen molar-refractivity contribution in [3.05, 3.63) is 23.0 Å². The maximum Gasteiger partial charge on any atom is 0.252 e. The number of hydrogen-bond acceptors (Lipinski definition) is 4. The topological polar surface area (TPSA) is 71.2 Å². The molecular weight excluding hydrogens is 264 g/mol. The van der Waals surface area contributed by atoms with Gasteiger partial charge >= 0.3 is 0 Å². The summed E-state index contributed by atoms with van der Waals surface area (Å²) in [7, 11) is 0. The summed E-state index contributed by atoms with van der Waals surface area (Å²) in [5, 5.41) is 3.39. The molecule has 1 aliphatic heterocycles. The molecule has 3 N–H and O–H groups in total. The molecule has 0 bridgehead atoms. The van der Waals surface area contributed by atoms with Gasteiger partial charge in [-0.2, -0.15) is 0 Å². The van der Waals surface area contributed by atoms with Crippen LogP contribution in [0.2, 0.25) is 0 Å². The van der Waals surface area contributed by atoms with Gasteiger partial charge in [-0.1, -0.05) is 0 Å². The first kappa shape index (κ1) is 15.8. The summed E-state index contributed by atoms with van der Waals surface area (Å²) in [4.78, 5) is 18.5. The third kappa shape index (κ3) is 3.73. The average molecular weight is 290 g/mol. The Balaban J connectivity index is 2.29. The highest BCUT2D eigenvalue weighted by atomic mass is 16.1. The molecule has 21 heavy (non-hydrogen) atoms. The Morgan fingerprint density at radius 3 is 2.67 bits per heavy atom. The van der Waals surface area contributed by atoms with Gasteiger partial charge in [0.05, 0.1) is 16.9 Å². The Bertz CT molecular complexity index is 509. The molecular formula is C16H26N4O. The number of aryl methyl sites for hydroxylation is 2. The van der Waals surface area contributed by atoms with Crippen LogP contribution in [-0.2, 0) is 0 Å². The Labute approximate surface area is 126 Å². The molecule has 0 atom stereocenters. The smallest absolute Gasteiger partial charge is 0.252 e. The van der Waals surface area contributed by atoms with E-state index in [0.29, 0.717) is 11.5 Å². The third-order valence-corrected chi connectivity index (χ3v) is 4.21. The van der Waals surface area contributed by atoms with E-state index < -0.39 is 5.91 Å². The molecule has 5 heteroatoms. The molecule has 2 heterocycles. The minimum Gasteiger partial charge on any atom is -0.371 e. The Hall–Kier alpha value is -1.62. The van der Waals surface area contributed by atoms with Crippen LogP contribution in [0.15, 0.2) is 6.07 Å². The Kier molecular flexibility index (Phi) is 5.17. The van der Waals surface area contributed by atoms with E-state index >= 15 is 0 Å². The fourth-order valence-electron chi connectivity index (χ4n) is 3.14. The summed E-state index contributed by atoms with van der Waals surface area (Å²) < 4.78 is 0. The van der Waals surface area contributed by atoms with E-state index in [1.54, 1.807) is 0 Å². The molecule has 0 radical (unpaired) electrons. The Morgan fingerprint density at radius 1 is 1.43 bits per heavy atom. The van der Waals surface area contributed by atoms with Crippen LogP contribution in [0.4, 0.5) is 5.69 Å². The maximum absolute atomic E-state index is 11.8. The van der Waals surface area contributed by atoms with E-state index in [2.05, 4.69) is 22.1 Å². The molecule has 5 nitrogen and oxygen atoms in total. The van der Waals surface area contributed by atoms with Gasteiger partial charge in [0.1, 0.15) is 0 Å². The van der Waals surface area contributed by atoms with Gasteiger partial charge in [-0.05, 0) is 58.7 Å². The molecule has 0 aliphatic carbocycles. The van der Waals surface area contributed by atoms with E-state index in [0.717, 1.165) is 43.3 Å². The summed E-state index contributed by atoms with van der Waals surface area (Å²) >= 11 is 0. The number of nitrogens with two attached hydrogens (primary N) is 1. The number of primary amides is 1. The second-order valence-corrected chi connectivity index (χ2v) is 5.84. The summed E-state index contributed by atoms with van der Waals surface area (Å²) in [5.74, 6) is 0.277. The van der Waals surface area contributed by atoms with Gasteiger partial charge in [0.2, 0.25) is 0 Å². The van der Waals surface area contributed by atoms with Gasteiger partial charge in [-0.25, -0.2) is 0 Å². The van der Waals surface area contributed by atoms with Crippen molar-refractivity contribution in [1.29, 1.82) is 0 Å². The summed E-state index contributed by atoms with van der Waals surface area (Å²) in [6.07, 6.45) is 2.37. The first-order valence-electron chi connectivity index (χ1n) is 7.76. The molecule has 1 fully saturated rings. The third-order valence-electron chi connectivity index (χ3n) is 4.21. The molecule has 1 aromatic rings. The van der Waals surface area contributed by atoms with Crippen molar-refractivity contribution in [2.75, 3.05) is 31.1 Å². The van der Waals surface area contributed by atoms with Gasteiger partial charge in [0.15, 0.2) is 0 Å². The molecule has 116 valence electrons. The second-order valence-electron chi connectivity index (χ2n) is 5.84. The zero-order chi connectivity index (χ0) is 15.4. The standard InChI is InChI=1S/C16H26N4O/c1-4-20(10-13-5-7-18-8-6-13)14-9-11(2)19-12(3)15(14)16(17)21/h9,13,18H,4-8,10H2,1-3H3,(H2,17,21). The zero-order valence-corrected chi connectivity index (χ0v) is 13.3. The lowest BCUT2D eigenvalue weighted by Crippen LogP contribution is -2.37. The van der Waals surface area contributed by atoms with E-state index in [1.165, 1.54) is 12.8 Å². The SMILES string of the molecule is CCN(CC1CCNCC1)c1cc(C)nc(C)c1C(N)=O. The van der Waals surface area contributed by atoms with E-state index in [-0.39, 0.29) is 0 Å². The summed E-state index contributed by atoms with van der Waals surface area (Å²) in [6.45, 7) is 9.94. The highest BCUT2D eigenvalue weighted by molar-refractivity contribution is 5.99. The van der Waals surface area contributed by atoms with E-state index in [9.17, 15) is 4.79 Å². The predicted octanol–water partition coefficient (Wildman–Crippen LogP) is 1.62. The minimum absolute atomic E-state index is 0.390. The molecule has 0 unspecified atom stereocenters. The fourth-order valence-corrected chi connectivity index (χ4v) is 3.14. The minimum atomic E-state index is -0.390. The fraction of sp³-hybridized carbons (Fsp3) is 0.625. The number of rotatable bonds is 5. The van der Waals surface area contributed by atoms with Gasteiger partial charge in [0, 0.05) is 18.8 Å². The first-order chi connectivity index (χ1) is 10.0. The largest absolute Gasteiger partial charge is 0.371 e. The van der Waals surface area contributed by atoms with Crippen molar-refractivity contribution < 1.29 is 4.79 Å². The van der Waals surface area contributed by atoms with Crippen molar-refractivity contribution in [3.8, 4) is 0 Å². The lowest BCUT2D eigenvalue weighted by Gasteiger charge is -2.32. The van der Waals surface area contributed by atoms with Gasteiger partial charge in [-0.15, -0.1) is 0 Å². The van der Waals surface area contributed by atoms with Crippen LogP contribution >= 0.6 is 0 Å². The lowest BCUT2D eigenvalue weighted by molar-refractivity contribution is 0.0999. The quantitative estimate of drug-likeness (QED) is 0.864. The average Bonchev–Trinajstić information content (AvgIpc) is 2.44. The molecule has 0 spiro atoms. The van der Waals surface area contributed by atoms with E-state index in [4.69, 9.17) is 5.73 Å². The van der Waals surface area contributed by atoms with Crippen molar-refractivity contribution in [1.82, 2.24) is 10.3 Å². The lowest BCUT2D eigenvalue weighted by atomic mass is 9.96. The highest BCUT2D eigenvalue weighted by Gasteiger charge is 2.21. The molecule has 1 aromatic heterocycles. The van der Waals surface area contributed by atoms with E-state index in [1.807, 2.05) is 19.9 Å². The highest BCUT2D eigenvalue weighted by Crippen LogP contribution is 2.26. The van der Waals surface area contributed by atoms with Crippen LogP contribution in [-0.4, -0.2) is 37.1 Å². The second kappa shape index (κ2) is 6.89. The molecule has 1 aliphatic rings. The molecule has 0 aromatic carbocycles. The molecule has 0 saturated carbocycles. The molecule has 1 amide bonds. The number of piperidine rings is 1. The van der Waals surface area contributed by atoms with Crippen molar-refractivity contribution >= 4 is 11.6 Å². The molecule has 2 rings (SSSR count). The molecule has 1 saturated heterocycles. The number of amides is 1. The van der Waals surface area contributed by atoms with Crippen molar-refractivity contribution in [2.24, 2.45) is 11.7 Å². The number of carbonyl (C=O) groups excluding carboxylic acids is 1. The van der Waals surface area contributed by atoms with Crippen LogP contribution < -0.4 is 16.0 Å². The number of carbonyl (C=O) groups is 1. The predicted molar refractivity (Wildman–Crippen MR) is 85.7 cm³/mol. The van der Waals surface area contributed by atoms with Gasteiger partial charge in [-0.3, -0.25) is 9.78 Å². The van der Waals surface area contributed by atoms with Crippen LogP contribution in [0.1, 0.15) is 41.5 Å². The number of aromatic nitrogens is 1. The van der Waals surface area contributed by atoms with Crippen LogP contribution in [0.3, 0.4) is 0 Å². The number of hydrogen-bond donors (Lipinski definition) is 2. The first-order valence-corrected chi connectivity index (χ1v) is 7.76. The number of nitrogens with zero attached hydrogens (tertiary/aromatic N) is 2. The van der Waals surface area contributed by atoms with Crippen molar-refractivity contribution in [3.63, 3.8) is 0 Å². The van der Waals surface area contributed by atoms with Crippen LogP contribution in [0.25, 0.3) is 0 Å². The van der Waals surface area contributed by atoms with Crippen molar-refractivity contribution in [2.45, 2.75) is 33.6 Å². The number of nitrogens with one attached hydrogen (secondary N) is 1. The summed E-state index contributed by atoms with van der Waals surface area (Å²) in [6, 6.07) is 1.98. The van der Waals surface area contributed by atoms with Gasteiger partial charge < -0.3 is 16.0 Å². The maximum atomic E-state index is 11.8. The van der Waals surface area contributed by atoms with Crippen LogP contribution in [0, 0.1) is 19.8 Å². The summed E-state index contributed by atoms with van der Waals surface area (Å²) in [5.41, 5.74) is 8.73. The zero-order valence-electron chi connectivity index (χ0n) is 13.3. The number of pyridine rings is 1. The Morgan fingerprint density at radius 2 is 2.10 bits per heavy atom. The number of anilines is 1. The monoisotopic (exact) mass is 290 g/mol.